The zero-order chi connectivity index (χ0) is 13.2. The van der Waals surface area contributed by atoms with Crippen LogP contribution in [-0.2, 0) is 10.4 Å². The van der Waals surface area contributed by atoms with Gasteiger partial charge >= 0.3 is 0 Å². The quantitative estimate of drug-likeness (QED) is 0.629. The lowest BCUT2D eigenvalue weighted by Crippen LogP contribution is -2.04. The van der Waals surface area contributed by atoms with Gasteiger partial charge in [-0.3, -0.25) is 0 Å². The molecule has 0 aliphatic carbocycles. The van der Waals surface area contributed by atoms with E-state index in [4.69, 9.17) is 44.0 Å². The summed E-state index contributed by atoms with van der Waals surface area (Å²) >= 11 is 17.0. The van der Waals surface area contributed by atoms with Crippen LogP contribution in [0.2, 0.25) is 0 Å². The highest BCUT2D eigenvalue weighted by Gasteiger charge is 2.24. The number of aromatic nitrogens is 1. The van der Waals surface area contributed by atoms with E-state index in [0.717, 1.165) is 6.07 Å². The van der Waals surface area contributed by atoms with E-state index >= 15 is 0 Å². The minimum Gasteiger partial charge on any atom is -0.469 e. The van der Waals surface area contributed by atoms with Crippen molar-refractivity contribution in [3.05, 3.63) is 47.8 Å². The summed E-state index contributed by atoms with van der Waals surface area (Å²) in [5.74, 6) is -0.183. The molecule has 0 aliphatic heterocycles. The van der Waals surface area contributed by atoms with Gasteiger partial charge < -0.3 is 9.15 Å². The first-order valence-corrected chi connectivity index (χ1v) is 5.98. The van der Waals surface area contributed by atoms with Gasteiger partial charge in [-0.25, -0.2) is 0 Å². The van der Waals surface area contributed by atoms with Crippen molar-refractivity contribution in [1.82, 2.24) is 4.98 Å². The molecule has 18 heavy (non-hydrogen) atoms. The normalized spacial score (nSPS) is 11.6. The molecule has 2 aromatic heterocycles. The standard InChI is InChI=1S/C11H7Cl3FNO2/c12-11(13,14)7-4-9(15)16-10(5-7)18-6-8-2-1-3-17-8/h1-5H,6H2. The summed E-state index contributed by atoms with van der Waals surface area (Å²) in [6.07, 6.45) is 1.50. The van der Waals surface area contributed by atoms with E-state index in [1.165, 1.54) is 12.3 Å². The average Bonchev–Trinajstić information content (AvgIpc) is 2.77. The summed E-state index contributed by atoms with van der Waals surface area (Å²) in [4.78, 5) is 3.54. The zero-order valence-electron chi connectivity index (χ0n) is 8.87. The summed E-state index contributed by atoms with van der Waals surface area (Å²) in [7, 11) is 0. The number of hydrogen-bond acceptors (Lipinski definition) is 3. The topological polar surface area (TPSA) is 35.3 Å². The van der Waals surface area contributed by atoms with Crippen LogP contribution in [0.25, 0.3) is 0 Å². The van der Waals surface area contributed by atoms with E-state index in [-0.39, 0.29) is 18.1 Å². The summed E-state index contributed by atoms with van der Waals surface area (Å²) in [6, 6.07) is 5.82. The summed E-state index contributed by atoms with van der Waals surface area (Å²) in [5.41, 5.74) is 0.148. The van der Waals surface area contributed by atoms with E-state index in [9.17, 15) is 4.39 Å². The fourth-order valence-corrected chi connectivity index (χ4v) is 1.58. The van der Waals surface area contributed by atoms with Crippen molar-refractivity contribution in [2.45, 2.75) is 10.4 Å². The molecule has 2 rings (SSSR count). The Kier molecular flexibility index (Phi) is 4.00. The van der Waals surface area contributed by atoms with Crippen molar-refractivity contribution in [1.29, 1.82) is 0 Å². The number of ether oxygens (including phenoxy) is 1. The molecule has 0 saturated carbocycles. The number of halogens is 4. The number of rotatable bonds is 3. The Hall–Kier alpha value is -0.970. The van der Waals surface area contributed by atoms with Crippen molar-refractivity contribution in [2.24, 2.45) is 0 Å². The lowest BCUT2D eigenvalue weighted by Gasteiger charge is -2.12. The highest BCUT2D eigenvalue weighted by Crippen LogP contribution is 2.39. The van der Waals surface area contributed by atoms with Gasteiger partial charge in [0.05, 0.1) is 6.26 Å². The third-order valence-electron chi connectivity index (χ3n) is 2.04. The molecule has 0 spiro atoms. The van der Waals surface area contributed by atoms with Gasteiger partial charge in [-0.2, -0.15) is 9.37 Å². The molecule has 0 bridgehead atoms. The Morgan fingerprint density at radius 2 is 2.11 bits per heavy atom. The molecular weight excluding hydrogens is 303 g/mol. The summed E-state index contributed by atoms with van der Waals surface area (Å²) in [6.45, 7) is 0.114. The number of furan rings is 1. The number of pyridine rings is 1. The fraction of sp³-hybridized carbons (Fsp3) is 0.182. The van der Waals surface area contributed by atoms with Crippen molar-refractivity contribution in [2.75, 3.05) is 0 Å². The van der Waals surface area contributed by atoms with E-state index in [0.29, 0.717) is 5.76 Å². The molecule has 0 saturated heterocycles. The van der Waals surface area contributed by atoms with Gasteiger partial charge in [-0.15, -0.1) is 0 Å². The van der Waals surface area contributed by atoms with Crippen molar-refractivity contribution < 1.29 is 13.5 Å². The Morgan fingerprint density at radius 1 is 1.33 bits per heavy atom. The summed E-state index contributed by atoms with van der Waals surface area (Å²) in [5, 5.41) is 0. The molecule has 0 aliphatic rings. The molecule has 0 unspecified atom stereocenters. The highest BCUT2D eigenvalue weighted by molar-refractivity contribution is 6.66. The van der Waals surface area contributed by atoms with E-state index in [1.54, 1.807) is 12.1 Å². The monoisotopic (exact) mass is 309 g/mol. The van der Waals surface area contributed by atoms with E-state index < -0.39 is 9.74 Å². The van der Waals surface area contributed by atoms with Crippen LogP contribution in [0.5, 0.6) is 5.88 Å². The van der Waals surface area contributed by atoms with Crippen molar-refractivity contribution in [3.63, 3.8) is 0 Å². The highest BCUT2D eigenvalue weighted by atomic mass is 35.6. The first-order valence-electron chi connectivity index (χ1n) is 4.85. The SMILES string of the molecule is Fc1cc(C(Cl)(Cl)Cl)cc(OCc2ccco2)n1. The smallest absolute Gasteiger partial charge is 0.216 e. The third kappa shape index (κ3) is 3.51. The Labute approximate surface area is 117 Å². The molecule has 0 amide bonds. The maximum atomic E-state index is 13.2. The first-order chi connectivity index (χ1) is 8.45. The fourth-order valence-electron chi connectivity index (χ4n) is 1.25. The number of hydrogen-bond donors (Lipinski definition) is 0. The lowest BCUT2D eigenvalue weighted by atomic mass is 10.3. The zero-order valence-corrected chi connectivity index (χ0v) is 11.1. The van der Waals surface area contributed by atoms with Gasteiger partial charge in [0.1, 0.15) is 12.4 Å². The molecule has 2 heterocycles. The van der Waals surface area contributed by atoms with Crippen LogP contribution in [0.15, 0.2) is 34.9 Å². The Balaban J connectivity index is 2.15. The third-order valence-corrected chi connectivity index (χ3v) is 2.69. The Morgan fingerprint density at radius 3 is 2.72 bits per heavy atom. The van der Waals surface area contributed by atoms with Crippen LogP contribution < -0.4 is 4.74 Å². The van der Waals surface area contributed by atoms with Crippen molar-refractivity contribution >= 4 is 34.8 Å². The molecule has 2 aromatic rings. The van der Waals surface area contributed by atoms with Crippen LogP contribution in [-0.4, -0.2) is 4.98 Å². The molecule has 96 valence electrons. The number of alkyl halides is 3. The molecule has 7 heteroatoms. The molecular formula is C11H7Cl3FNO2. The summed E-state index contributed by atoms with van der Waals surface area (Å²) < 4.78 is 21.8. The second kappa shape index (κ2) is 5.34. The van der Waals surface area contributed by atoms with Gasteiger partial charge in [0, 0.05) is 17.7 Å². The minimum atomic E-state index is -1.73. The molecule has 0 aromatic carbocycles. The minimum absolute atomic E-state index is 0.0210. The van der Waals surface area contributed by atoms with Crippen LogP contribution >= 0.6 is 34.8 Å². The second-order valence-corrected chi connectivity index (χ2v) is 5.66. The first kappa shape index (κ1) is 13.5. The van der Waals surface area contributed by atoms with Gasteiger partial charge in [-0.05, 0) is 12.1 Å². The largest absolute Gasteiger partial charge is 0.469 e. The molecule has 0 radical (unpaired) electrons. The molecule has 0 atom stereocenters. The van der Waals surface area contributed by atoms with Gasteiger partial charge in [0.2, 0.25) is 15.6 Å². The molecule has 0 fully saturated rings. The molecule has 0 N–H and O–H groups in total. The number of nitrogens with zero attached hydrogens (tertiary/aromatic N) is 1. The second-order valence-electron chi connectivity index (χ2n) is 3.38. The van der Waals surface area contributed by atoms with Gasteiger partial charge in [0.15, 0.2) is 0 Å². The van der Waals surface area contributed by atoms with E-state index in [2.05, 4.69) is 4.98 Å². The van der Waals surface area contributed by atoms with Gasteiger partial charge in [0.25, 0.3) is 0 Å². The van der Waals surface area contributed by atoms with Crippen LogP contribution in [0.3, 0.4) is 0 Å². The Bertz CT molecular complexity index is 526. The predicted molar refractivity (Wildman–Crippen MR) is 66.5 cm³/mol. The lowest BCUT2D eigenvalue weighted by molar-refractivity contribution is 0.257. The van der Waals surface area contributed by atoms with Crippen LogP contribution in [0.4, 0.5) is 4.39 Å². The van der Waals surface area contributed by atoms with E-state index in [1.807, 2.05) is 0 Å². The van der Waals surface area contributed by atoms with Crippen molar-refractivity contribution in [3.8, 4) is 5.88 Å². The maximum absolute atomic E-state index is 13.2. The average molecular weight is 311 g/mol. The van der Waals surface area contributed by atoms with Crippen LogP contribution in [0, 0.1) is 5.95 Å². The van der Waals surface area contributed by atoms with Gasteiger partial charge in [-0.1, -0.05) is 34.8 Å². The van der Waals surface area contributed by atoms with Crippen LogP contribution in [0.1, 0.15) is 11.3 Å². The molecule has 3 nitrogen and oxygen atoms in total. The maximum Gasteiger partial charge on any atom is 0.216 e. The predicted octanol–water partition coefficient (Wildman–Crippen LogP) is 4.22.